The second kappa shape index (κ2) is 9.51. The molecule has 1 saturated carbocycles. The largest absolute Gasteiger partial charge is 0.385 e. The fourth-order valence-electron chi connectivity index (χ4n) is 6.06. The fraction of sp³-hybridized carbons (Fsp3) is 0.345. The summed E-state index contributed by atoms with van der Waals surface area (Å²) in [6.07, 6.45) is 3.09. The van der Waals surface area contributed by atoms with Crippen LogP contribution in [0.25, 0.3) is 5.65 Å². The molecule has 2 unspecified atom stereocenters. The van der Waals surface area contributed by atoms with Crippen molar-refractivity contribution in [3.8, 4) is 0 Å². The lowest BCUT2D eigenvalue weighted by atomic mass is 9.84. The number of amides is 1. The number of hydrogen-bond donors (Lipinski definition) is 4. The highest BCUT2D eigenvalue weighted by Gasteiger charge is 2.53. The molecule has 200 valence electrons. The van der Waals surface area contributed by atoms with Crippen molar-refractivity contribution in [3.05, 3.63) is 83.0 Å². The van der Waals surface area contributed by atoms with Gasteiger partial charge in [-0.2, -0.15) is 4.98 Å². The van der Waals surface area contributed by atoms with Gasteiger partial charge in [0.1, 0.15) is 0 Å². The summed E-state index contributed by atoms with van der Waals surface area (Å²) in [5, 5.41) is 26.3. The van der Waals surface area contributed by atoms with Gasteiger partial charge >= 0.3 is 0 Å². The van der Waals surface area contributed by atoms with Gasteiger partial charge in [0, 0.05) is 54.7 Å². The molecule has 2 aromatic carbocycles. The predicted molar refractivity (Wildman–Crippen MR) is 151 cm³/mol. The predicted octanol–water partition coefficient (Wildman–Crippen LogP) is 3.56. The van der Waals surface area contributed by atoms with Gasteiger partial charge in [0.2, 0.25) is 5.95 Å². The van der Waals surface area contributed by atoms with Crippen molar-refractivity contribution in [1.29, 1.82) is 0 Å². The highest BCUT2D eigenvalue weighted by Crippen LogP contribution is 2.41. The van der Waals surface area contributed by atoms with Gasteiger partial charge in [-0.15, -0.1) is 5.10 Å². The van der Waals surface area contributed by atoms with Crippen LogP contribution in [0.5, 0.6) is 0 Å². The standard InChI is InChI=1S/C29H30ClN7O2/c30-20-7-5-19(6-8-20)29(39)11-14-36(15-12-29)24-2-1-13-37-26(24)34-28(35-37)32-21-9-3-18(4-10-21)27(38)33-25-22-16-31-17-23(22)25/h1-10,13,22-23,25,31,39H,11-12,14-17H2,(H,32,35)(H,33,38). The number of aliphatic hydroxyl groups is 1. The number of rotatable bonds is 6. The van der Waals surface area contributed by atoms with E-state index in [1.54, 1.807) is 4.52 Å². The van der Waals surface area contributed by atoms with Gasteiger partial charge in [-0.05, 0) is 78.8 Å². The quantitative estimate of drug-likeness (QED) is 0.294. The Morgan fingerprint density at radius 2 is 1.74 bits per heavy atom. The average Bonchev–Trinajstić information content (AvgIpc) is 3.27. The first-order valence-corrected chi connectivity index (χ1v) is 13.8. The van der Waals surface area contributed by atoms with E-state index in [0.29, 0.717) is 60.3 Å². The molecule has 4 heterocycles. The summed E-state index contributed by atoms with van der Waals surface area (Å²) in [6, 6.07) is 19.2. The van der Waals surface area contributed by atoms with Crippen molar-refractivity contribution in [3.63, 3.8) is 0 Å². The molecule has 2 atom stereocenters. The SMILES string of the molecule is O=C(NC1C2CNCC21)c1ccc(Nc2nc3c(N4CCC(O)(c5ccc(Cl)cc5)CC4)cccn3n2)cc1. The number of carbonyl (C=O) groups excluding carboxylic acids is 1. The molecule has 10 heteroatoms. The molecule has 39 heavy (non-hydrogen) atoms. The Balaban J connectivity index is 1.02. The van der Waals surface area contributed by atoms with E-state index < -0.39 is 5.60 Å². The number of halogens is 1. The molecule has 4 N–H and O–H groups in total. The number of carbonyl (C=O) groups is 1. The van der Waals surface area contributed by atoms with E-state index >= 15 is 0 Å². The third-order valence-electron chi connectivity index (χ3n) is 8.45. The van der Waals surface area contributed by atoms with Crippen LogP contribution in [0.3, 0.4) is 0 Å². The zero-order valence-corrected chi connectivity index (χ0v) is 22.1. The Morgan fingerprint density at radius 1 is 1.03 bits per heavy atom. The minimum atomic E-state index is -0.871. The Bertz CT molecular complexity index is 1500. The van der Waals surface area contributed by atoms with Crippen LogP contribution in [0.1, 0.15) is 28.8 Å². The molecule has 4 aromatic rings. The highest BCUT2D eigenvalue weighted by atomic mass is 35.5. The van der Waals surface area contributed by atoms with E-state index in [4.69, 9.17) is 16.6 Å². The zero-order chi connectivity index (χ0) is 26.6. The van der Waals surface area contributed by atoms with Crippen LogP contribution in [0.4, 0.5) is 17.3 Å². The molecule has 1 amide bonds. The Labute approximate surface area is 231 Å². The monoisotopic (exact) mass is 543 g/mol. The third kappa shape index (κ3) is 4.60. The summed E-state index contributed by atoms with van der Waals surface area (Å²) in [6.45, 7) is 3.37. The van der Waals surface area contributed by atoms with Gasteiger partial charge in [-0.25, -0.2) is 4.52 Å². The number of aromatic nitrogens is 3. The van der Waals surface area contributed by atoms with Crippen molar-refractivity contribution >= 4 is 40.5 Å². The van der Waals surface area contributed by atoms with Crippen LogP contribution in [-0.2, 0) is 5.60 Å². The maximum atomic E-state index is 12.6. The van der Waals surface area contributed by atoms with Gasteiger partial charge in [0.25, 0.3) is 5.91 Å². The van der Waals surface area contributed by atoms with Crippen LogP contribution in [0, 0.1) is 11.8 Å². The molecular weight excluding hydrogens is 514 g/mol. The zero-order valence-electron chi connectivity index (χ0n) is 21.3. The van der Waals surface area contributed by atoms with Crippen molar-refractivity contribution in [1.82, 2.24) is 25.2 Å². The molecule has 9 nitrogen and oxygen atoms in total. The van der Waals surface area contributed by atoms with Crippen molar-refractivity contribution in [2.45, 2.75) is 24.5 Å². The summed E-state index contributed by atoms with van der Waals surface area (Å²) in [5.41, 5.74) is 3.20. The number of nitrogens with zero attached hydrogens (tertiary/aromatic N) is 4. The molecule has 0 radical (unpaired) electrons. The number of hydrogen-bond acceptors (Lipinski definition) is 7. The topological polar surface area (TPSA) is 107 Å². The van der Waals surface area contributed by atoms with Crippen molar-refractivity contribution < 1.29 is 9.90 Å². The van der Waals surface area contributed by atoms with Gasteiger partial charge in [0.05, 0.1) is 11.3 Å². The molecule has 3 aliphatic rings. The first-order chi connectivity index (χ1) is 19.0. The van der Waals surface area contributed by atoms with Gasteiger partial charge in [0.15, 0.2) is 5.65 Å². The van der Waals surface area contributed by atoms with Crippen LogP contribution < -0.4 is 20.9 Å². The lowest BCUT2D eigenvalue weighted by molar-refractivity contribution is 0.0118. The number of fused-ring (bicyclic) bond motifs is 2. The van der Waals surface area contributed by atoms with Crippen molar-refractivity contribution in [2.75, 3.05) is 36.4 Å². The molecule has 0 bridgehead atoms. The van der Waals surface area contributed by atoms with E-state index in [2.05, 4.69) is 25.9 Å². The minimum absolute atomic E-state index is 0.0269. The van der Waals surface area contributed by atoms with Crippen LogP contribution in [-0.4, -0.2) is 57.8 Å². The second-order valence-electron chi connectivity index (χ2n) is 10.8. The lowest BCUT2D eigenvalue weighted by Gasteiger charge is -2.39. The van der Waals surface area contributed by atoms with E-state index in [9.17, 15) is 9.90 Å². The van der Waals surface area contributed by atoms with Gasteiger partial charge in [-0.3, -0.25) is 4.79 Å². The minimum Gasteiger partial charge on any atom is -0.385 e. The molecule has 1 aliphatic carbocycles. The molecule has 7 rings (SSSR count). The highest BCUT2D eigenvalue weighted by molar-refractivity contribution is 6.30. The summed E-state index contributed by atoms with van der Waals surface area (Å²) in [7, 11) is 0. The smallest absolute Gasteiger partial charge is 0.251 e. The summed E-state index contributed by atoms with van der Waals surface area (Å²) < 4.78 is 1.76. The normalized spacial score (nSPS) is 23.4. The number of benzene rings is 2. The molecule has 2 aliphatic heterocycles. The first-order valence-electron chi connectivity index (χ1n) is 13.4. The second-order valence-corrected chi connectivity index (χ2v) is 11.2. The summed E-state index contributed by atoms with van der Waals surface area (Å²) in [5.74, 6) is 1.62. The van der Waals surface area contributed by atoms with Crippen molar-refractivity contribution in [2.24, 2.45) is 11.8 Å². The molecule has 0 spiro atoms. The fourth-order valence-corrected chi connectivity index (χ4v) is 6.19. The maximum Gasteiger partial charge on any atom is 0.251 e. The van der Waals surface area contributed by atoms with E-state index in [-0.39, 0.29) is 5.91 Å². The van der Waals surface area contributed by atoms with Crippen LogP contribution in [0.2, 0.25) is 5.02 Å². The van der Waals surface area contributed by atoms with Crippen LogP contribution >= 0.6 is 11.6 Å². The number of anilines is 3. The Kier molecular flexibility index (Phi) is 5.95. The average molecular weight is 544 g/mol. The Hall–Kier alpha value is -3.66. The molecule has 2 saturated heterocycles. The summed E-state index contributed by atoms with van der Waals surface area (Å²) >= 11 is 6.03. The van der Waals surface area contributed by atoms with E-state index in [1.165, 1.54) is 0 Å². The number of nitrogens with one attached hydrogen (secondary N) is 3. The van der Waals surface area contributed by atoms with Gasteiger partial charge < -0.3 is 26.0 Å². The van der Waals surface area contributed by atoms with E-state index in [1.807, 2.05) is 66.9 Å². The maximum absolute atomic E-state index is 12.6. The van der Waals surface area contributed by atoms with Gasteiger partial charge in [-0.1, -0.05) is 23.7 Å². The number of piperidine rings is 2. The molecule has 3 fully saturated rings. The molecular formula is C29H30ClN7O2. The lowest BCUT2D eigenvalue weighted by Crippen LogP contribution is -2.42. The first kappa shape index (κ1) is 24.4. The third-order valence-corrected chi connectivity index (χ3v) is 8.70. The molecule has 2 aromatic heterocycles. The van der Waals surface area contributed by atoms with E-state index in [0.717, 1.165) is 35.7 Å². The summed E-state index contributed by atoms with van der Waals surface area (Å²) in [4.78, 5) is 19.6. The Morgan fingerprint density at radius 3 is 2.46 bits per heavy atom. The number of pyridine rings is 1. The van der Waals surface area contributed by atoms with Crippen LogP contribution in [0.15, 0.2) is 66.9 Å².